The lowest BCUT2D eigenvalue weighted by molar-refractivity contribution is -0.384. The van der Waals surface area contributed by atoms with Crippen LogP contribution >= 0.6 is 0 Å². The van der Waals surface area contributed by atoms with Crippen molar-refractivity contribution in [3.8, 4) is 0 Å². The predicted octanol–water partition coefficient (Wildman–Crippen LogP) is 3.25. The van der Waals surface area contributed by atoms with Gasteiger partial charge < -0.3 is 5.11 Å². The van der Waals surface area contributed by atoms with Crippen molar-refractivity contribution in [3.05, 3.63) is 106 Å². The molecule has 3 aromatic carbocycles. The number of halogens is 1. The molecule has 4 atom stereocenters. The molecule has 182 valence electrons. The van der Waals surface area contributed by atoms with Crippen LogP contribution in [0.5, 0.6) is 0 Å². The molecule has 2 fully saturated rings. The molecule has 0 aromatic heterocycles. The average molecular weight is 489 g/mol. The van der Waals surface area contributed by atoms with E-state index >= 15 is 0 Å². The summed E-state index contributed by atoms with van der Waals surface area (Å²) in [5.41, 5.74) is -0.768. The lowest BCUT2D eigenvalue weighted by Crippen LogP contribution is -2.57. The van der Waals surface area contributed by atoms with E-state index in [1.54, 1.807) is 30.3 Å². The first-order chi connectivity index (χ1) is 17.2. The maximum absolute atomic E-state index is 13.7. The number of non-ortho nitro benzene ring substituents is 1. The molecular weight excluding hydrogens is 469 g/mol. The molecule has 0 radical (unpaired) electrons. The molecule has 2 heterocycles. The van der Waals surface area contributed by atoms with Crippen molar-refractivity contribution < 1.29 is 28.8 Å². The molecule has 5 rings (SSSR count). The lowest BCUT2D eigenvalue weighted by Gasteiger charge is -2.31. The molecule has 3 aromatic rings. The number of fused-ring (bicyclic) bond motifs is 1. The summed E-state index contributed by atoms with van der Waals surface area (Å²) in [6.07, 6.45) is -0.0793. The van der Waals surface area contributed by atoms with E-state index in [1.165, 1.54) is 36.4 Å². The predicted molar refractivity (Wildman–Crippen MR) is 125 cm³/mol. The van der Waals surface area contributed by atoms with E-state index in [-0.39, 0.29) is 17.8 Å². The van der Waals surface area contributed by atoms with E-state index < -0.39 is 51.9 Å². The zero-order valence-electron chi connectivity index (χ0n) is 18.7. The standard InChI is InChI=1S/C26H20FN3O6/c27-17-8-12-18(13-9-17)29-23(31)20-21(24(29)32)26(25(33)34,14-15-4-2-1-3-5-15)28-22(20)16-6-10-19(11-7-16)30(35)36/h1-13,20-22,28H,14H2,(H,33,34)/t20-,21+,22-,26+/m0/s1. The van der Waals surface area contributed by atoms with Gasteiger partial charge in [-0.25, -0.2) is 9.29 Å². The summed E-state index contributed by atoms with van der Waals surface area (Å²) in [5, 5.41) is 24.6. The number of benzene rings is 3. The zero-order chi connectivity index (χ0) is 25.6. The van der Waals surface area contributed by atoms with Gasteiger partial charge in [0.25, 0.3) is 5.69 Å². The first-order valence-corrected chi connectivity index (χ1v) is 11.2. The van der Waals surface area contributed by atoms with E-state index in [1.807, 2.05) is 0 Å². The van der Waals surface area contributed by atoms with Gasteiger partial charge in [-0.1, -0.05) is 42.5 Å². The monoisotopic (exact) mass is 489 g/mol. The third kappa shape index (κ3) is 3.62. The van der Waals surface area contributed by atoms with E-state index in [0.717, 1.165) is 17.0 Å². The Hall–Kier alpha value is -4.44. The van der Waals surface area contributed by atoms with Crippen LogP contribution in [0, 0.1) is 27.8 Å². The van der Waals surface area contributed by atoms with E-state index in [4.69, 9.17) is 0 Å². The van der Waals surface area contributed by atoms with Crippen LogP contribution in [0.25, 0.3) is 0 Å². The van der Waals surface area contributed by atoms with Crippen LogP contribution in [0.4, 0.5) is 15.8 Å². The highest BCUT2D eigenvalue weighted by atomic mass is 19.1. The smallest absolute Gasteiger partial charge is 0.325 e. The highest BCUT2D eigenvalue weighted by molar-refractivity contribution is 6.24. The Morgan fingerprint density at radius 2 is 1.64 bits per heavy atom. The number of carbonyl (C=O) groups is 3. The summed E-state index contributed by atoms with van der Waals surface area (Å²) >= 11 is 0. The molecule has 0 spiro atoms. The second kappa shape index (κ2) is 8.65. The molecule has 0 saturated carbocycles. The molecule has 2 N–H and O–H groups in total. The largest absolute Gasteiger partial charge is 0.480 e. The van der Waals surface area contributed by atoms with Crippen LogP contribution in [0.3, 0.4) is 0 Å². The van der Waals surface area contributed by atoms with Gasteiger partial charge in [0.1, 0.15) is 11.4 Å². The van der Waals surface area contributed by atoms with Crippen molar-refractivity contribution in [2.24, 2.45) is 11.8 Å². The van der Waals surface area contributed by atoms with Crippen LogP contribution in [0.2, 0.25) is 0 Å². The molecule has 9 nitrogen and oxygen atoms in total. The van der Waals surface area contributed by atoms with Crippen LogP contribution in [-0.2, 0) is 20.8 Å². The fourth-order valence-electron chi connectivity index (χ4n) is 5.29. The second-order valence-corrected chi connectivity index (χ2v) is 8.90. The van der Waals surface area contributed by atoms with Gasteiger partial charge in [0.2, 0.25) is 11.8 Å². The van der Waals surface area contributed by atoms with Crippen LogP contribution < -0.4 is 10.2 Å². The fourth-order valence-corrected chi connectivity index (χ4v) is 5.29. The number of aliphatic carboxylic acids is 1. The van der Waals surface area contributed by atoms with Crippen molar-refractivity contribution in [3.63, 3.8) is 0 Å². The number of imide groups is 1. The molecule has 2 saturated heterocycles. The van der Waals surface area contributed by atoms with Crippen molar-refractivity contribution in [1.29, 1.82) is 0 Å². The minimum absolute atomic E-state index is 0.0793. The molecule has 2 aliphatic heterocycles. The summed E-state index contributed by atoms with van der Waals surface area (Å²) in [6, 6.07) is 18.1. The molecule has 0 aliphatic carbocycles. The van der Waals surface area contributed by atoms with Crippen LogP contribution in [-0.4, -0.2) is 33.4 Å². The van der Waals surface area contributed by atoms with E-state index in [2.05, 4.69) is 5.32 Å². The van der Waals surface area contributed by atoms with Crippen molar-refractivity contribution in [2.45, 2.75) is 18.0 Å². The number of amides is 2. The van der Waals surface area contributed by atoms with Gasteiger partial charge >= 0.3 is 5.97 Å². The van der Waals surface area contributed by atoms with Gasteiger partial charge in [0, 0.05) is 24.6 Å². The number of carboxylic acids is 1. The summed E-state index contributed by atoms with van der Waals surface area (Å²) in [6.45, 7) is 0. The number of carbonyl (C=O) groups excluding carboxylic acids is 2. The molecule has 0 bridgehead atoms. The Labute approximate surface area is 204 Å². The normalized spacial score (nSPS) is 25.1. The number of nitrogens with zero attached hydrogens (tertiary/aromatic N) is 2. The summed E-state index contributed by atoms with van der Waals surface area (Å²) in [7, 11) is 0. The van der Waals surface area contributed by atoms with Gasteiger partial charge in [0.15, 0.2) is 0 Å². The Bertz CT molecular complexity index is 1360. The maximum atomic E-state index is 13.7. The van der Waals surface area contributed by atoms with Crippen LogP contribution in [0.1, 0.15) is 17.2 Å². The Balaban J connectivity index is 1.64. The average Bonchev–Trinajstić information content (AvgIpc) is 3.34. The van der Waals surface area contributed by atoms with Gasteiger partial charge in [-0.3, -0.25) is 29.8 Å². The van der Waals surface area contributed by atoms with Gasteiger partial charge in [0.05, 0.1) is 22.4 Å². The number of nitro groups is 1. The number of carboxylic acid groups (broad SMARTS) is 1. The SMILES string of the molecule is O=C1[C@@H]2[C@H](c3ccc([N+](=O)[O-])cc3)N[C@@](Cc3ccccc3)(C(=O)O)[C@H]2C(=O)N1c1ccc(F)cc1. The maximum Gasteiger partial charge on any atom is 0.325 e. The third-order valence-corrected chi connectivity index (χ3v) is 6.91. The van der Waals surface area contributed by atoms with Gasteiger partial charge in [-0.15, -0.1) is 0 Å². The first-order valence-electron chi connectivity index (χ1n) is 11.2. The molecule has 0 unspecified atom stereocenters. The summed E-state index contributed by atoms with van der Waals surface area (Å²) in [5.74, 6) is -5.53. The Morgan fingerprint density at radius 3 is 2.22 bits per heavy atom. The number of hydrogen-bond donors (Lipinski definition) is 2. The van der Waals surface area contributed by atoms with Gasteiger partial charge in [-0.2, -0.15) is 0 Å². The summed E-state index contributed by atoms with van der Waals surface area (Å²) < 4.78 is 13.5. The molecule has 10 heteroatoms. The molecule has 36 heavy (non-hydrogen) atoms. The van der Waals surface area contributed by atoms with Crippen LogP contribution in [0.15, 0.2) is 78.9 Å². The summed E-state index contributed by atoms with van der Waals surface area (Å²) in [4.78, 5) is 51.7. The third-order valence-electron chi connectivity index (χ3n) is 6.91. The Kier molecular flexibility index (Phi) is 5.60. The topological polar surface area (TPSA) is 130 Å². The quantitative estimate of drug-likeness (QED) is 0.309. The lowest BCUT2D eigenvalue weighted by atomic mass is 9.76. The minimum Gasteiger partial charge on any atom is -0.480 e. The van der Waals surface area contributed by atoms with Gasteiger partial charge in [-0.05, 0) is 35.4 Å². The minimum atomic E-state index is -1.83. The first kappa shape index (κ1) is 23.3. The molecular formula is C26H20FN3O6. The fraction of sp³-hybridized carbons (Fsp3) is 0.192. The zero-order valence-corrected chi connectivity index (χ0v) is 18.7. The van der Waals surface area contributed by atoms with E-state index in [9.17, 15) is 34.0 Å². The number of nitrogens with one attached hydrogen (secondary N) is 1. The van der Waals surface area contributed by atoms with Crippen molar-refractivity contribution in [2.75, 3.05) is 4.90 Å². The second-order valence-electron chi connectivity index (χ2n) is 8.90. The number of nitro benzene ring substituents is 1. The highest BCUT2D eigenvalue weighted by Crippen LogP contribution is 2.51. The number of hydrogen-bond acceptors (Lipinski definition) is 6. The Morgan fingerprint density at radius 1 is 1.00 bits per heavy atom. The highest BCUT2D eigenvalue weighted by Gasteiger charge is 2.68. The van der Waals surface area contributed by atoms with Crippen molar-refractivity contribution in [1.82, 2.24) is 5.32 Å². The number of rotatable bonds is 6. The molecule has 2 amide bonds. The number of anilines is 1. The van der Waals surface area contributed by atoms with Crippen molar-refractivity contribution >= 4 is 29.2 Å². The van der Waals surface area contributed by atoms with E-state index in [0.29, 0.717) is 11.1 Å². The molecule has 2 aliphatic rings.